The van der Waals surface area contributed by atoms with Crippen molar-refractivity contribution in [1.29, 1.82) is 0 Å². The van der Waals surface area contributed by atoms with Crippen LogP contribution in [0.5, 0.6) is 0 Å². The molecule has 0 saturated carbocycles. The van der Waals surface area contributed by atoms with E-state index < -0.39 is 15.9 Å². The molecule has 1 N–H and O–H groups in total. The second-order valence-electron chi connectivity index (χ2n) is 4.20. The van der Waals surface area contributed by atoms with E-state index in [2.05, 4.69) is 10.3 Å². The Labute approximate surface area is 119 Å². The van der Waals surface area contributed by atoms with Gasteiger partial charge in [0.1, 0.15) is 0 Å². The van der Waals surface area contributed by atoms with E-state index in [0.717, 1.165) is 0 Å². The molecule has 20 heavy (non-hydrogen) atoms. The first-order valence-electron chi connectivity index (χ1n) is 6.32. The number of nitrogens with one attached hydrogen (secondary N) is 1. The molecule has 0 atom stereocenters. The van der Waals surface area contributed by atoms with E-state index in [1.54, 1.807) is 32.9 Å². The Morgan fingerprint density at radius 3 is 2.40 bits per heavy atom. The van der Waals surface area contributed by atoms with Crippen LogP contribution in [-0.2, 0) is 14.9 Å². The van der Waals surface area contributed by atoms with Crippen LogP contribution in [0.15, 0.2) is 23.1 Å². The van der Waals surface area contributed by atoms with E-state index in [4.69, 9.17) is 0 Å². The van der Waals surface area contributed by atoms with Crippen molar-refractivity contribution in [3.63, 3.8) is 0 Å². The first-order valence-corrected chi connectivity index (χ1v) is 7.76. The maximum Gasteiger partial charge on any atom is 0.274 e. The van der Waals surface area contributed by atoms with Gasteiger partial charge in [-0.25, -0.2) is 13.9 Å². The van der Waals surface area contributed by atoms with Gasteiger partial charge in [-0.3, -0.25) is 9.63 Å². The van der Waals surface area contributed by atoms with Crippen molar-refractivity contribution in [3.05, 3.63) is 29.3 Å². The number of hydroxylamine groups is 1. The van der Waals surface area contributed by atoms with E-state index in [1.807, 2.05) is 0 Å². The number of hydrogen-bond acceptors (Lipinski definition) is 4. The van der Waals surface area contributed by atoms with Crippen LogP contribution >= 0.6 is 0 Å². The lowest BCUT2D eigenvalue weighted by Gasteiger charge is -2.20. The summed E-state index contributed by atoms with van der Waals surface area (Å²) in [6.45, 7) is 6.02. The minimum absolute atomic E-state index is 0.143. The molecule has 0 unspecified atom stereocenters. The van der Waals surface area contributed by atoms with Gasteiger partial charge in [0.15, 0.2) is 0 Å². The Balaban J connectivity index is 3.31. The summed E-state index contributed by atoms with van der Waals surface area (Å²) in [5, 5.41) is 0. The Bertz CT molecular complexity index is 580. The van der Waals surface area contributed by atoms with Crippen LogP contribution in [0.4, 0.5) is 0 Å². The van der Waals surface area contributed by atoms with Crippen LogP contribution < -0.4 is 5.48 Å². The van der Waals surface area contributed by atoms with E-state index >= 15 is 0 Å². The van der Waals surface area contributed by atoms with Crippen molar-refractivity contribution in [2.75, 3.05) is 20.2 Å². The van der Waals surface area contributed by atoms with Crippen LogP contribution in [0.3, 0.4) is 0 Å². The lowest BCUT2D eigenvalue weighted by atomic mass is 10.1. The zero-order valence-electron chi connectivity index (χ0n) is 12.1. The third-order valence-corrected chi connectivity index (χ3v) is 5.16. The number of benzene rings is 1. The van der Waals surface area contributed by atoms with Crippen LogP contribution in [0.2, 0.25) is 0 Å². The minimum Gasteiger partial charge on any atom is -0.277 e. The van der Waals surface area contributed by atoms with Gasteiger partial charge in [-0.15, -0.1) is 0 Å². The van der Waals surface area contributed by atoms with E-state index in [9.17, 15) is 13.2 Å². The Morgan fingerprint density at radius 2 is 1.90 bits per heavy atom. The smallest absolute Gasteiger partial charge is 0.274 e. The summed E-state index contributed by atoms with van der Waals surface area (Å²) >= 11 is 0. The van der Waals surface area contributed by atoms with Crippen molar-refractivity contribution in [2.45, 2.75) is 25.7 Å². The third kappa shape index (κ3) is 3.36. The van der Waals surface area contributed by atoms with Crippen LogP contribution in [0.1, 0.15) is 29.8 Å². The van der Waals surface area contributed by atoms with Gasteiger partial charge in [0.05, 0.1) is 12.0 Å². The molecule has 1 rings (SSSR count). The van der Waals surface area contributed by atoms with Gasteiger partial charge in [-0.1, -0.05) is 19.9 Å². The minimum atomic E-state index is -3.59. The molecule has 7 heteroatoms. The molecule has 6 nitrogen and oxygen atoms in total. The fourth-order valence-corrected chi connectivity index (χ4v) is 3.58. The van der Waals surface area contributed by atoms with Gasteiger partial charge < -0.3 is 0 Å². The summed E-state index contributed by atoms with van der Waals surface area (Å²) in [7, 11) is -2.27. The van der Waals surface area contributed by atoms with E-state index in [0.29, 0.717) is 18.7 Å². The quantitative estimate of drug-likeness (QED) is 0.804. The standard InChI is InChI=1S/C13H20N2O4S/c1-5-15(6-2)20(17,18)12-9-11(8-7-10(12)3)13(16)14-19-4/h7-9H,5-6H2,1-4H3,(H,14,16). The molecule has 0 radical (unpaired) electrons. The summed E-state index contributed by atoms with van der Waals surface area (Å²) in [4.78, 5) is 16.4. The molecule has 0 spiro atoms. The van der Waals surface area contributed by atoms with Crippen LogP contribution in [0, 0.1) is 6.92 Å². The number of aryl methyl sites for hydroxylation is 1. The lowest BCUT2D eigenvalue weighted by Crippen LogP contribution is -2.31. The van der Waals surface area contributed by atoms with Gasteiger partial charge in [0, 0.05) is 18.7 Å². The van der Waals surface area contributed by atoms with Crippen molar-refractivity contribution in [2.24, 2.45) is 0 Å². The summed E-state index contributed by atoms with van der Waals surface area (Å²) in [5.74, 6) is -0.483. The molecular formula is C13H20N2O4S. The molecule has 1 amide bonds. The number of sulfonamides is 1. The summed E-state index contributed by atoms with van der Waals surface area (Å²) in [5.41, 5.74) is 3.01. The molecule has 0 saturated heterocycles. The second kappa shape index (κ2) is 6.83. The number of nitrogens with zero attached hydrogens (tertiary/aromatic N) is 1. The zero-order valence-corrected chi connectivity index (χ0v) is 13.0. The zero-order chi connectivity index (χ0) is 15.3. The highest BCUT2D eigenvalue weighted by Crippen LogP contribution is 2.21. The normalized spacial score (nSPS) is 11.7. The molecule has 0 aliphatic carbocycles. The van der Waals surface area contributed by atoms with Gasteiger partial charge in [0.2, 0.25) is 10.0 Å². The highest BCUT2D eigenvalue weighted by molar-refractivity contribution is 7.89. The van der Waals surface area contributed by atoms with Crippen molar-refractivity contribution in [1.82, 2.24) is 9.79 Å². The van der Waals surface area contributed by atoms with E-state index in [-0.39, 0.29) is 10.5 Å². The first-order chi connectivity index (χ1) is 9.38. The second-order valence-corrected chi connectivity index (χ2v) is 6.11. The molecule has 0 bridgehead atoms. The number of rotatable bonds is 6. The first kappa shape index (κ1) is 16.6. The fourth-order valence-electron chi connectivity index (χ4n) is 1.87. The maximum atomic E-state index is 12.5. The van der Waals surface area contributed by atoms with Crippen molar-refractivity contribution < 1.29 is 18.0 Å². The van der Waals surface area contributed by atoms with Gasteiger partial charge >= 0.3 is 0 Å². The number of amides is 1. The summed E-state index contributed by atoms with van der Waals surface area (Å²) in [6, 6.07) is 4.54. The Morgan fingerprint density at radius 1 is 1.30 bits per heavy atom. The molecule has 0 aliphatic rings. The topological polar surface area (TPSA) is 75.7 Å². The Kier molecular flexibility index (Phi) is 5.67. The number of carbonyl (C=O) groups excluding carboxylic acids is 1. The predicted octanol–water partition coefficient (Wildman–Crippen LogP) is 1.32. The monoisotopic (exact) mass is 300 g/mol. The molecule has 1 aromatic rings. The highest BCUT2D eigenvalue weighted by Gasteiger charge is 2.24. The lowest BCUT2D eigenvalue weighted by molar-refractivity contribution is 0.0537. The van der Waals surface area contributed by atoms with Crippen LogP contribution in [-0.4, -0.2) is 38.8 Å². The molecule has 1 aromatic carbocycles. The van der Waals surface area contributed by atoms with E-state index in [1.165, 1.54) is 17.5 Å². The predicted molar refractivity (Wildman–Crippen MR) is 75.8 cm³/mol. The summed E-state index contributed by atoms with van der Waals surface area (Å²) < 4.78 is 26.4. The van der Waals surface area contributed by atoms with Gasteiger partial charge in [-0.05, 0) is 24.6 Å². The maximum absolute atomic E-state index is 12.5. The molecule has 0 aliphatic heterocycles. The van der Waals surface area contributed by atoms with Crippen molar-refractivity contribution >= 4 is 15.9 Å². The average molecular weight is 300 g/mol. The highest BCUT2D eigenvalue weighted by atomic mass is 32.2. The number of carbonyl (C=O) groups is 1. The van der Waals surface area contributed by atoms with Crippen molar-refractivity contribution in [3.8, 4) is 0 Å². The Hall–Kier alpha value is -1.44. The van der Waals surface area contributed by atoms with Gasteiger partial charge in [0.25, 0.3) is 5.91 Å². The molecule has 0 fully saturated rings. The largest absolute Gasteiger partial charge is 0.277 e. The average Bonchev–Trinajstić information content (AvgIpc) is 2.40. The third-order valence-electron chi connectivity index (χ3n) is 2.97. The number of hydrogen-bond donors (Lipinski definition) is 1. The molecule has 0 aromatic heterocycles. The fraction of sp³-hybridized carbons (Fsp3) is 0.462. The summed E-state index contributed by atoms with van der Waals surface area (Å²) in [6.07, 6.45) is 0. The molecule has 112 valence electrons. The molecule has 0 heterocycles. The van der Waals surface area contributed by atoms with Gasteiger partial charge in [-0.2, -0.15) is 4.31 Å². The molecular weight excluding hydrogens is 280 g/mol. The van der Waals surface area contributed by atoms with Crippen LogP contribution in [0.25, 0.3) is 0 Å². The SMILES string of the molecule is CCN(CC)S(=O)(=O)c1cc(C(=O)NOC)ccc1C.